The number of hydrogen-bond acceptors (Lipinski definition) is 7. The summed E-state index contributed by atoms with van der Waals surface area (Å²) in [7, 11) is 0. The molecule has 2 heterocycles. The van der Waals surface area contributed by atoms with E-state index in [-0.39, 0.29) is 37.1 Å². The third kappa shape index (κ3) is 4.77. The second-order valence-electron chi connectivity index (χ2n) is 7.49. The highest BCUT2D eigenvalue weighted by atomic mass is 19.1. The third-order valence-corrected chi connectivity index (χ3v) is 5.25. The van der Waals surface area contributed by atoms with Crippen molar-refractivity contribution in [1.29, 1.82) is 5.26 Å². The first-order valence-corrected chi connectivity index (χ1v) is 10.0. The molecular formula is C21H23FN4O6. The van der Waals surface area contributed by atoms with E-state index in [0.717, 1.165) is 16.7 Å². The van der Waals surface area contributed by atoms with Crippen LogP contribution in [0.2, 0.25) is 0 Å². The Bertz CT molecular complexity index is 1170. The molecule has 10 nitrogen and oxygen atoms in total. The van der Waals surface area contributed by atoms with Crippen LogP contribution in [0.1, 0.15) is 40.6 Å². The average molecular weight is 446 g/mol. The number of benzene rings is 1. The number of nitrogens with zero attached hydrogens (tertiary/aromatic N) is 3. The molecule has 3 atom stereocenters. The van der Waals surface area contributed by atoms with Crippen molar-refractivity contribution in [2.75, 3.05) is 13.2 Å². The highest BCUT2D eigenvalue weighted by molar-refractivity contribution is 5.94. The van der Waals surface area contributed by atoms with Gasteiger partial charge in [-0.25, -0.2) is 9.18 Å². The van der Waals surface area contributed by atoms with E-state index in [9.17, 15) is 29.0 Å². The number of aliphatic hydroxyl groups excluding tert-OH is 2. The van der Waals surface area contributed by atoms with Crippen LogP contribution in [0.15, 0.2) is 34.0 Å². The number of aryl methyl sites for hydroxylation is 1. The minimum absolute atomic E-state index is 0.0190. The Hall–Kier alpha value is -3.33. The molecule has 32 heavy (non-hydrogen) atoms. The van der Waals surface area contributed by atoms with Crippen LogP contribution in [0.25, 0.3) is 0 Å². The number of nitrogens with one attached hydrogen (secondary N) is 1. The minimum atomic E-state index is -0.930. The molecule has 1 unspecified atom stereocenters. The number of hydrogen-bond donors (Lipinski definition) is 3. The maximum absolute atomic E-state index is 13.4. The number of halogens is 1. The van der Waals surface area contributed by atoms with E-state index < -0.39 is 48.0 Å². The lowest BCUT2D eigenvalue weighted by Crippen LogP contribution is -2.42. The molecule has 1 aliphatic heterocycles. The molecule has 1 amide bonds. The Morgan fingerprint density at radius 1 is 1.41 bits per heavy atom. The van der Waals surface area contributed by atoms with E-state index in [2.05, 4.69) is 5.32 Å². The number of aromatic nitrogens is 2. The zero-order valence-electron chi connectivity index (χ0n) is 17.3. The number of amides is 1. The van der Waals surface area contributed by atoms with Gasteiger partial charge in [-0.3, -0.25) is 18.7 Å². The highest BCUT2D eigenvalue weighted by Gasteiger charge is 2.35. The van der Waals surface area contributed by atoms with Crippen LogP contribution in [0.3, 0.4) is 0 Å². The summed E-state index contributed by atoms with van der Waals surface area (Å²) in [5.74, 6) is -1.23. The summed E-state index contributed by atoms with van der Waals surface area (Å²) in [6.45, 7) is 1.30. The molecule has 0 saturated carbocycles. The van der Waals surface area contributed by atoms with Crippen molar-refractivity contribution < 1.29 is 24.1 Å². The second kappa shape index (κ2) is 9.86. The van der Waals surface area contributed by atoms with Gasteiger partial charge in [0.2, 0.25) is 0 Å². The molecule has 1 aromatic carbocycles. The summed E-state index contributed by atoms with van der Waals surface area (Å²) >= 11 is 0. The first-order chi connectivity index (χ1) is 15.3. The van der Waals surface area contributed by atoms with Gasteiger partial charge in [0.15, 0.2) is 0 Å². The first kappa shape index (κ1) is 23.3. The average Bonchev–Trinajstić information content (AvgIpc) is 3.16. The molecule has 1 aromatic heterocycles. The first-order valence-electron chi connectivity index (χ1n) is 10.0. The van der Waals surface area contributed by atoms with Crippen molar-refractivity contribution in [3.8, 4) is 6.07 Å². The van der Waals surface area contributed by atoms with Gasteiger partial charge in [-0.1, -0.05) is 0 Å². The molecule has 3 N–H and O–H groups in total. The summed E-state index contributed by atoms with van der Waals surface area (Å²) in [6.07, 6.45) is -0.837. The SMILES string of the molecule is Cc1cn([C@H]2C[C@H](O)C(CO)O2)c(=O)n(CCCNC(=O)c2ccc(F)c(C#N)c2)c1=O. The molecule has 0 radical (unpaired) electrons. The van der Waals surface area contributed by atoms with Gasteiger partial charge in [0.25, 0.3) is 11.5 Å². The van der Waals surface area contributed by atoms with E-state index in [1.165, 1.54) is 16.8 Å². The Morgan fingerprint density at radius 2 is 2.16 bits per heavy atom. The van der Waals surface area contributed by atoms with Gasteiger partial charge in [0.1, 0.15) is 24.2 Å². The Kier molecular flexibility index (Phi) is 7.19. The quantitative estimate of drug-likeness (QED) is 0.499. The largest absolute Gasteiger partial charge is 0.394 e. The van der Waals surface area contributed by atoms with Gasteiger partial charge in [-0.2, -0.15) is 5.26 Å². The van der Waals surface area contributed by atoms with Crippen LogP contribution >= 0.6 is 0 Å². The Labute approximate surface area is 182 Å². The molecule has 2 aromatic rings. The fourth-order valence-electron chi connectivity index (χ4n) is 3.51. The lowest BCUT2D eigenvalue weighted by atomic mass is 10.1. The summed E-state index contributed by atoms with van der Waals surface area (Å²) in [5, 5.41) is 30.6. The maximum Gasteiger partial charge on any atom is 0.333 e. The van der Waals surface area contributed by atoms with Gasteiger partial charge >= 0.3 is 5.69 Å². The number of nitriles is 1. The predicted octanol–water partition coefficient (Wildman–Crippen LogP) is -0.210. The van der Waals surface area contributed by atoms with Gasteiger partial charge in [0.05, 0.1) is 18.3 Å². The summed E-state index contributed by atoms with van der Waals surface area (Å²) in [4.78, 5) is 37.5. The van der Waals surface area contributed by atoms with Crippen molar-refractivity contribution >= 4 is 5.91 Å². The van der Waals surface area contributed by atoms with E-state index in [1.54, 1.807) is 13.0 Å². The normalized spacial score (nSPS) is 20.2. The maximum atomic E-state index is 13.4. The Morgan fingerprint density at radius 3 is 2.81 bits per heavy atom. The van der Waals surface area contributed by atoms with Crippen molar-refractivity contribution in [2.24, 2.45) is 0 Å². The molecule has 1 fully saturated rings. The standard InChI is InChI=1S/C21H23FN4O6/c1-12-10-26(18-8-16(28)17(11-27)32-18)21(31)25(20(12)30)6-2-5-24-19(29)13-3-4-15(22)14(7-13)9-23/h3-4,7,10,16-18,27-28H,2,5-6,8,11H2,1H3,(H,24,29)/t16-,17?,18+/m0/s1. The van der Waals surface area contributed by atoms with Crippen molar-refractivity contribution in [1.82, 2.24) is 14.5 Å². The second-order valence-corrected chi connectivity index (χ2v) is 7.49. The minimum Gasteiger partial charge on any atom is -0.394 e. The van der Waals surface area contributed by atoms with E-state index in [4.69, 9.17) is 10.00 Å². The summed E-state index contributed by atoms with van der Waals surface area (Å²) in [5.41, 5.74) is -0.929. The van der Waals surface area contributed by atoms with Crippen LogP contribution in [0, 0.1) is 24.1 Å². The molecule has 1 aliphatic rings. The van der Waals surface area contributed by atoms with Gasteiger partial charge in [-0.15, -0.1) is 0 Å². The molecule has 0 bridgehead atoms. The number of ether oxygens (including phenoxy) is 1. The monoisotopic (exact) mass is 446 g/mol. The van der Waals surface area contributed by atoms with Gasteiger partial charge < -0.3 is 20.3 Å². The summed E-state index contributed by atoms with van der Waals surface area (Å²) in [6, 6.07) is 5.10. The fraction of sp³-hybridized carbons (Fsp3) is 0.429. The van der Waals surface area contributed by atoms with Crippen LogP contribution in [-0.4, -0.2) is 50.6 Å². The lowest BCUT2D eigenvalue weighted by molar-refractivity contribution is -0.0464. The third-order valence-electron chi connectivity index (χ3n) is 5.25. The van der Waals surface area contributed by atoms with Gasteiger partial charge in [0, 0.05) is 36.8 Å². The molecule has 170 valence electrons. The number of carbonyl (C=O) groups is 1. The van der Waals surface area contributed by atoms with E-state index >= 15 is 0 Å². The number of rotatable bonds is 7. The van der Waals surface area contributed by atoms with Crippen LogP contribution in [0.4, 0.5) is 4.39 Å². The predicted molar refractivity (Wildman–Crippen MR) is 109 cm³/mol. The van der Waals surface area contributed by atoms with Crippen molar-refractivity contribution in [3.63, 3.8) is 0 Å². The fourth-order valence-corrected chi connectivity index (χ4v) is 3.51. The Balaban J connectivity index is 1.67. The van der Waals surface area contributed by atoms with E-state index in [1.807, 2.05) is 0 Å². The highest BCUT2D eigenvalue weighted by Crippen LogP contribution is 2.27. The molecule has 0 aliphatic carbocycles. The van der Waals surface area contributed by atoms with Crippen molar-refractivity contribution in [2.45, 2.75) is 44.7 Å². The molecule has 0 spiro atoms. The number of carbonyl (C=O) groups excluding carboxylic acids is 1. The van der Waals surface area contributed by atoms with Crippen LogP contribution in [0.5, 0.6) is 0 Å². The molecular weight excluding hydrogens is 423 g/mol. The summed E-state index contributed by atoms with van der Waals surface area (Å²) < 4.78 is 21.1. The topological polar surface area (TPSA) is 147 Å². The van der Waals surface area contributed by atoms with E-state index in [0.29, 0.717) is 5.56 Å². The smallest absolute Gasteiger partial charge is 0.333 e. The molecule has 11 heteroatoms. The number of aliphatic hydroxyl groups is 2. The van der Waals surface area contributed by atoms with Crippen LogP contribution < -0.4 is 16.6 Å². The zero-order chi connectivity index (χ0) is 23.4. The molecule has 3 rings (SSSR count). The van der Waals surface area contributed by atoms with Gasteiger partial charge in [-0.05, 0) is 31.5 Å². The lowest BCUT2D eigenvalue weighted by Gasteiger charge is -2.17. The molecule has 1 saturated heterocycles. The van der Waals surface area contributed by atoms with Crippen molar-refractivity contribution in [3.05, 3.63) is 67.7 Å². The zero-order valence-corrected chi connectivity index (χ0v) is 17.3. The van der Waals surface area contributed by atoms with Crippen LogP contribution in [-0.2, 0) is 11.3 Å².